The molecule has 0 saturated carbocycles. The predicted molar refractivity (Wildman–Crippen MR) is 112 cm³/mol. The number of halogens is 1. The molecule has 1 heterocycles. The molecule has 0 aromatic heterocycles. The van der Waals surface area contributed by atoms with Crippen molar-refractivity contribution in [2.45, 2.75) is 110 Å². The second-order valence-electron chi connectivity index (χ2n) is 8.35. The van der Waals surface area contributed by atoms with Crippen LogP contribution in [-0.2, 0) is 4.79 Å². The first kappa shape index (κ1) is 24.7. The number of likely N-dealkylation sites (tertiary alicyclic amines) is 1. The van der Waals surface area contributed by atoms with Crippen molar-refractivity contribution < 1.29 is 4.79 Å². The van der Waals surface area contributed by atoms with E-state index >= 15 is 0 Å². The van der Waals surface area contributed by atoms with Crippen LogP contribution in [0.2, 0.25) is 0 Å². The molecule has 0 atom stereocenters. The molecular formula is C21H43ClN2O. The van der Waals surface area contributed by atoms with Gasteiger partial charge in [0.15, 0.2) is 0 Å². The summed E-state index contributed by atoms with van der Waals surface area (Å²) in [5, 5.41) is 3.25. The number of hydrogen-bond acceptors (Lipinski definition) is 2. The Morgan fingerprint density at radius 3 is 1.96 bits per heavy atom. The molecule has 0 spiro atoms. The van der Waals surface area contributed by atoms with Crippen molar-refractivity contribution in [3.63, 3.8) is 0 Å². The van der Waals surface area contributed by atoms with E-state index < -0.39 is 0 Å². The first-order valence-electron chi connectivity index (χ1n) is 10.6. The summed E-state index contributed by atoms with van der Waals surface area (Å²) in [7, 11) is 0. The molecule has 25 heavy (non-hydrogen) atoms. The minimum absolute atomic E-state index is 0. The van der Waals surface area contributed by atoms with E-state index in [0.717, 1.165) is 19.5 Å². The lowest BCUT2D eigenvalue weighted by Crippen LogP contribution is -2.48. The van der Waals surface area contributed by atoms with Gasteiger partial charge in [0.25, 0.3) is 0 Å². The molecule has 4 heteroatoms. The highest BCUT2D eigenvalue weighted by Crippen LogP contribution is 2.16. The van der Waals surface area contributed by atoms with E-state index in [2.05, 4.69) is 31.0 Å². The zero-order chi connectivity index (χ0) is 17.7. The van der Waals surface area contributed by atoms with Gasteiger partial charge in [-0.3, -0.25) is 9.69 Å². The van der Waals surface area contributed by atoms with Crippen molar-refractivity contribution in [1.82, 2.24) is 10.2 Å². The molecular weight excluding hydrogens is 332 g/mol. The topological polar surface area (TPSA) is 32.3 Å². The van der Waals surface area contributed by atoms with Gasteiger partial charge in [-0.2, -0.15) is 0 Å². The SMILES string of the molecule is CCCCCCCCCCCC(C)(C)NC(=O)CN1CCCCC1.Cl. The van der Waals surface area contributed by atoms with Crippen molar-refractivity contribution in [1.29, 1.82) is 0 Å². The van der Waals surface area contributed by atoms with Gasteiger partial charge in [-0.25, -0.2) is 0 Å². The summed E-state index contributed by atoms with van der Waals surface area (Å²) in [4.78, 5) is 14.5. The Bertz CT molecular complexity index is 328. The van der Waals surface area contributed by atoms with Crippen molar-refractivity contribution in [3.05, 3.63) is 0 Å². The first-order valence-corrected chi connectivity index (χ1v) is 10.6. The molecule has 0 radical (unpaired) electrons. The summed E-state index contributed by atoms with van der Waals surface area (Å²) in [6.45, 7) is 9.38. The Morgan fingerprint density at radius 1 is 0.880 bits per heavy atom. The van der Waals surface area contributed by atoms with Crippen LogP contribution in [-0.4, -0.2) is 36.0 Å². The largest absolute Gasteiger partial charge is 0.350 e. The van der Waals surface area contributed by atoms with Gasteiger partial charge in [0.1, 0.15) is 0 Å². The van der Waals surface area contributed by atoms with E-state index in [1.807, 2.05) is 0 Å². The lowest BCUT2D eigenvalue weighted by molar-refractivity contribution is -0.124. The Hall–Kier alpha value is -0.280. The van der Waals surface area contributed by atoms with E-state index in [1.165, 1.54) is 77.0 Å². The molecule has 1 saturated heterocycles. The van der Waals surface area contributed by atoms with Crippen LogP contribution >= 0.6 is 12.4 Å². The summed E-state index contributed by atoms with van der Waals surface area (Å²) >= 11 is 0. The summed E-state index contributed by atoms with van der Waals surface area (Å²) in [6, 6.07) is 0. The van der Waals surface area contributed by atoms with Crippen LogP contribution in [0.5, 0.6) is 0 Å². The number of hydrogen-bond donors (Lipinski definition) is 1. The van der Waals surface area contributed by atoms with Crippen LogP contribution in [0.1, 0.15) is 104 Å². The Kier molecular flexibility index (Phi) is 14.7. The number of unbranched alkanes of at least 4 members (excludes halogenated alkanes) is 8. The molecule has 0 unspecified atom stereocenters. The van der Waals surface area contributed by atoms with Gasteiger partial charge in [-0.15, -0.1) is 12.4 Å². The monoisotopic (exact) mass is 374 g/mol. The van der Waals surface area contributed by atoms with E-state index in [0.29, 0.717) is 6.54 Å². The Balaban J connectivity index is 0.00000576. The number of piperidine rings is 1. The maximum atomic E-state index is 12.2. The van der Waals surface area contributed by atoms with Gasteiger partial charge in [0.05, 0.1) is 6.54 Å². The fourth-order valence-electron chi connectivity index (χ4n) is 3.68. The average Bonchev–Trinajstić information content (AvgIpc) is 2.53. The van der Waals surface area contributed by atoms with Gasteiger partial charge >= 0.3 is 0 Å². The highest BCUT2D eigenvalue weighted by Gasteiger charge is 2.21. The average molecular weight is 375 g/mol. The predicted octanol–water partition coefficient (Wildman–Crippen LogP) is 5.71. The fraction of sp³-hybridized carbons (Fsp3) is 0.952. The molecule has 0 aromatic rings. The molecule has 1 N–H and O–H groups in total. The molecule has 0 aliphatic carbocycles. The summed E-state index contributed by atoms with van der Waals surface area (Å²) in [5.74, 6) is 0.206. The molecule has 0 aromatic carbocycles. The van der Waals surface area contributed by atoms with E-state index in [4.69, 9.17) is 0 Å². The highest BCUT2D eigenvalue weighted by molar-refractivity contribution is 5.85. The van der Waals surface area contributed by atoms with Gasteiger partial charge < -0.3 is 5.32 Å². The lowest BCUT2D eigenvalue weighted by Gasteiger charge is -2.30. The van der Waals surface area contributed by atoms with Crippen LogP contribution in [0.25, 0.3) is 0 Å². The van der Waals surface area contributed by atoms with Crippen LogP contribution in [0, 0.1) is 0 Å². The molecule has 1 aliphatic heterocycles. The molecule has 0 bridgehead atoms. The second kappa shape index (κ2) is 14.8. The lowest BCUT2D eigenvalue weighted by atomic mass is 9.95. The number of nitrogens with zero attached hydrogens (tertiary/aromatic N) is 1. The second-order valence-corrected chi connectivity index (χ2v) is 8.35. The third kappa shape index (κ3) is 13.6. The van der Waals surface area contributed by atoms with Crippen molar-refractivity contribution in [2.24, 2.45) is 0 Å². The minimum Gasteiger partial charge on any atom is -0.350 e. The number of nitrogens with one attached hydrogen (secondary N) is 1. The summed E-state index contributed by atoms with van der Waals surface area (Å²) < 4.78 is 0. The molecule has 150 valence electrons. The van der Waals surface area contributed by atoms with Crippen LogP contribution < -0.4 is 5.32 Å². The Morgan fingerprint density at radius 2 is 1.40 bits per heavy atom. The van der Waals surface area contributed by atoms with Crippen molar-refractivity contribution in [3.8, 4) is 0 Å². The maximum absolute atomic E-state index is 12.2. The van der Waals surface area contributed by atoms with Crippen LogP contribution in [0.4, 0.5) is 0 Å². The minimum atomic E-state index is -0.0615. The van der Waals surface area contributed by atoms with Crippen molar-refractivity contribution >= 4 is 18.3 Å². The highest BCUT2D eigenvalue weighted by atomic mass is 35.5. The zero-order valence-corrected chi connectivity index (χ0v) is 17.9. The van der Waals surface area contributed by atoms with E-state index in [-0.39, 0.29) is 23.9 Å². The third-order valence-corrected chi connectivity index (χ3v) is 5.20. The zero-order valence-electron chi connectivity index (χ0n) is 17.1. The molecule has 1 rings (SSSR count). The fourth-order valence-corrected chi connectivity index (χ4v) is 3.68. The normalized spacial score (nSPS) is 15.6. The van der Waals surface area contributed by atoms with E-state index in [1.54, 1.807) is 0 Å². The van der Waals surface area contributed by atoms with Gasteiger partial charge in [0, 0.05) is 5.54 Å². The molecule has 1 aliphatic rings. The standard InChI is InChI=1S/C21H42N2O.ClH/c1-4-5-6-7-8-9-10-11-13-16-21(2,3)22-20(24)19-23-17-14-12-15-18-23;/h4-19H2,1-3H3,(H,22,24);1H. The van der Waals surface area contributed by atoms with Gasteiger partial charge in [-0.1, -0.05) is 71.1 Å². The number of carbonyl (C=O) groups is 1. The van der Waals surface area contributed by atoms with Crippen LogP contribution in [0.15, 0.2) is 0 Å². The van der Waals surface area contributed by atoms with E-state index in [9.17, 15) is 4.79 Å². The number of carbonyl (C=O) groups excluding carboxylic acids is 1. The molecule has 1 fully saturated rings. The van der Waals surface area contributed by atoms with Crippen molar-refractivity contribution in [2.75, 3.05) is 19.6 Å². The molecule has 3 nitrogen and oxygen atoms in total. The molecule has 1 amide bonds. The smallest absolute Gasteiger partial charge is 0.234 e. The first-order chi connectivity index (χ1) is 11.5. The number of amides is 1. The van der Waals surface area contributed by atoms with Crippen LogP contribution in [0.3, 0.4) is 0 Å². The van der Waals surface area contributed by atoms with Gasteiger partial charge in [0.2, 0.25) is 5.91 Å². The Labute approximate surface area is 163 Å². The summed E-state index contributed by atoms with van der Waals surface area (Å²) in [6.07, 6.45) is 17.1. The summed E-state index contributed by atoms with van der Waals surface area (Å²) in [5.41, 5.74) is -0.0615. The number of rotatable bonds is 13. The maximum Gasteiger partial charge on any atom is 0.234 e. The quantitative estimate of drug-likeness (QED) is 0.419. The van der Waals surface area contributed by atoms with Gasteiger partial charge in [-0.05, 0) is 46.2 Å². The third-order valence-electron chi connectivity index (χ3n) is 5.20.